The highest BCUT2D eigenvalue weighted by atomic mass is 16.6. The van der Waals surface area contributed by atoms with Crippen LogP contribution in [0.4, 0.5) is 0 Å². The molecule has 6 nitrogen and oxygen atoms in total. The number of nitrogens with zero attached hydrogens (tertiary/aromatic N) is 3. The molecule has 1 saturated heterocycles. The van der Waals surface area contributed by atoms with E-state index < -0.39 is 18.1 Å². The van der Waals surface area contributed by atoms with Gasteiger partial charge in [0, 0.05) is 24.3 Å². The highest BCUT2D eigenvalue weighted by Crippen LogP contribution is 2.30. The van der Waals surface area contributed by atoms with E-state index in [0.717, 1.165) is 6.42 Å². The third-order valence-electron chi connectivity index (χ3n) is 2.62. The molecule has 0 unspecified atom stereocenters. The first-order valence-electron chi connectivity index (χ1n) is 5.19. The van der Waals surface area contributed by atoms with Gasteiger partial charge in [-0.05, 0) is 12.0 Å². The van der Waals surface area contributed by atoms with Gasteiger partial charge in [0.05, 0.1) is 12.1 Å². The van der Waals surface area contributed by atoms with E-state index in [-0.39, 0.29) is 18.6 Å². The minimum atomic E-state index is -0.646. The van der Waals surface area contributed by atoms with Gasteiger partial charge in [-0.25, -0.2) is 0 Å². The maximum absolute atomic E-state index is 10.9. The molecule has 0 aliphatic carbocycles. The van der Waals surface area contributed by atoms with Crippen LogP contribution < -0.4 is 0 Å². The zero-order valence-electron chi connectivity index (χ0n) is 9.37. The number of rotatable bonds is 4. The molecule has 1 rings (SSSR count). The van der Waals surface area contributed by atoms with E-state index >= 15 is 0 Å². The molecule has 7 heteroatoms. The van der Waals surface area contributed by atoms with Crippen molar-refractivity contribution in [2.45, 2.75) is 38.5 Å². The summed E-state index contributed by atoms with van der Waals surface area (Å²) in [7, 11) is 5.72. The Morgan fingerprint density at radius 2 is 2.38 bits per heavy atom. The van der Waals surface area contributed by atoms with E-state index in [1.165, 1.54) is 6.92 Å². The number of hydrogen-bond acceptors (Lipinski definition) is 4. The molecule has 4 atom stereocenters. The summed E-state index contributed by atoms with van der Waals surface area (Å²) in [6.45, 7) is 3.48. The molecule has 0 aromatic rings. The van der Waals surface area contributed by atoms with Gasteiger partial charge >= 0.3 is 5.97 Å². The van der Waals surface area contributed by atoms with Crippen LogP contribution >= 0.6 is 0 Å². The molecule has 0 N–H and O–H groups in total. The molecule has 0 saturated carbocycles. The van der Waals surface area contributed by atoms with Crippen molar-refractivity contribution in [2.24, 2.45) is 11.0 Å². The van der Waals surface area contributed by atoms with Crippen molar-refractivity contribution in [2.75, 3.05) is 6.54 Å². The van der Waals surface area contributed by atoms with Crippen LogP contribution in [-0.2, 0) is 14.3 Å². The smallest absolute Gasteiger partial charge is 0.302 e. The minimum absolute atomic E-state index is 0.134. The number of esters is 1. The topological polar surface area (TPSA) is 84.3 Å². The molecule has 0 bridgehead atoms. The molecule has 0 aromatic heterocycles. The van der Waals surface area contributed by atoms with Gasteiger partial charge in [-0.15, -0.1) is 0 Å². The Morgan fingerprint density at radius 1 is 1.69 bits per heavy atom. The summed E-state index contributed by atoms with van der Waals surface area (Å²) in [5.41, 5.74) is 8.30. The summed E-state index contributed by atoms with van der Waals surface area (Å²) in [4.78, 5) is 13.6. The number of azide groups is 1. The van der Waals surface area contributed by atoms with Crippen molar-refractivity contribution in [1.82, 2.24) is 0 Å². The first kappa shape index (κ1) is 12.9. The zero-order chi connectivity index (χ0) is 12.1. The molecule has 1 aliphatic heterocycles. The lowest BCUT2D eigenvalue weighted by molar-refractivity contribution is -0.148. The van der Waals surface area contributed by atoms with E-state index in [1.54, 1.807) is 0 Å². The fraction of sp³-hybridized carbons (Fsp3) is 0.889. The van der Waals surface area contributed by atoms with Crippen molar-refractivity contribution < 1.29 is 14.3 Å². The molecule has 1 heterocycles. The summed E-state index contributed by atoms with van der Waals surface area (Å²) >= 11 is 0. The van der Waals surface area contributed by atoms with Gasteiger partial charge in [-0.1, -0.05) is 12.0 Å². The molecule has 2 radical (unpaired) electrons. The summed E-state index contributed by atoms with van der Waals surface area (Å²) in [5, 5.41) is 3.50. The highest BCUT2D eigenvalue weighted by molar-refractivity contribution is 6.11. The molecule has 1 fully saturated rings. The van der Waals surface area contributed by atoms with Crippen molar-refractivity contribution in [3.8, 4) is 0 Å². The monoisotopic (exact) mass is 223 g/mol. The van der Waals surface area contributed by atoms with Crippen LogP contribution in [0, 0.1) is 5.92 Å². The Balaban J connectivity index is 2.75. The fourth-order valence-electron chi connectivity index (χ4n) is 1.93. The van der Waals surface area contributed by atoms with Gasteiger partial charge in [0.25, 0.3) is 0 Å². The van der Waals surface area contributed by atoms with Gasteiger partial charge in [-0.2, -0.15) is 0 Å². The van der Waals surface area contributed by atoms with Gasteiger partial charge in [0.2, 0.25) is 0 Å². The van der Waals surface area contributed by atoms with E-state index in [9.17, 15) is 4.79 Å². The molecule has 0 aromatic carbocycles. The third kappa shape index (κ3) is 2.90. The van der Waals surface area contributed by atoms with Crippen LogP contribution in [0.2, 0.25) is 0 Å². The maximum Gasteiger partial charge on any atom is 0.302 e. The van der Waals surface area contributed by atoms with Crippen molar-refractivity contribution in [3.63, 3.8) is 0 Å². The third-order valence-corrected chi connectivity index (χ3v) is 2.62. The number of hydrogen-bond donors (Lipinski definition) is 0. The maximum atomic E-state index is 10.9. The zero-order valence-corrected chi connectivity index (χ0v) is 9.37. The van der Waals surface area contributed by atoms with Crippen LogP contribution in [-0.4, -0.2) is 38.6 Å². The minimum Gasteiger partial charge on any atom is -0.460 e. The van der Waals surface area contributed by atoms with E-state index in [1.807, 2.05) is 6.92 Å². The van der Waals surface area contributed by atoms with Crippen LogP contribution in [0.5, 0.6) is 0 Å². The molecule has 1 aliphatic rings. The van der Waals surface area contributed by atoms with Crippen LogP contribution in [0.25, 0.3) is 10.4 Å². The first-order valence-corrected chi connectivity index (χ1v) is 5.19. The second-order valence-electron chi connectivity index (χ2n) is 3.70. The lowest BCUT2D eigenvalue weighted by Gasteiger charge is -2.21. The highest BCUT2D eigenvalue weighted by Gasteiger charge is 2.42. The van der Waals surface area contributed by atoms with Gasteiger partial charge in [0.1, 0.15) is 14.0 Å². The Bertz CT molecular complexity index is 306. The van der Waals surface area contributed by atoms with E-state index in [2.05, 4.69) is 10.0 Å². The number of carbonyl (C=O) groups is 1. The summed E-state index contributed by atoms with van der Waals surface area (Å²) in [6.07, 6.45) is 0.0645. The second kappa shape index (κ2) is 5.77. The van der Waals surface area contributed by atoms with Gasteiger partial charge in [0.15, 0.2) is 0 Å². The quantitative estimate of drug-likeness (QED) is 0.235. The van der Waals surface area contributed by atoms with Crippen molar-refractivity contribution >= 4 is 13.8 Å². The molecular formula is C9H14BN3O3. The largest absolute Gasteiger partial charge is 0.460 e. The average molecular weight is 223 g/mol. The summed E-state index contributed by atoms with van der Waals surface area (Å²) in [6, 6.07) is -0.646. The number of carbonyl (C=O) groups excluding carboxylic acids is 1. The van der Waals surface area contributed by atoms with Crippen molar-refractivity contribution in [3.05, 3.63) is 10.4 Å². The predicted octanol–water partition coefficient (Wildman–Crippen LogP) is 1.15. The van der Waals surface area contributed by atoms with Gasteiger partial charge in [-0.3, -0.25) is 4.79 Å². The summed E-state index contributed by atoms with van der Waals surface area (Å²) in [5.74, 6) is -0.577. The standard InChI is InChI=1S/C9H14BN3O3/c1-3-7-6(4-12-13-11)8(9(10)16-7)15-5(2)14/h6-9H,3-4H2,1-2H3/t6-,7-,8-,9-/m1/s1. The van der Waals surface area contributed by atoms with Crippen LogP contribution in [0.15, 0.2) is 5.11 Å². The Kier molecular flexibility index (Phi) is 4.64. The normalized spacial score (nSPS) is 33.1. The van der Waals surface area contributed by atoms with Gasteiger partial charge < -0.3 is 9.47 Å². The molecule has 0 amide bonds. The Labute approximate surface area is 95.3 Å². The average Bonchev–Trinajstić information content (AvgIpc) is 2.52. The Morgan fingerprint density at radius 3 is 2.88 bits per heavy atom. The fourth-order valence-corrected chi connectivity index (χ4v) is 1.93. The Hall–Kier alpha value is -1.20. The molecular weight excluding hydrogens is 209 g/mol. The van der Waals surface area contributed by atoms with E-state index in [0.29, 0.717) is 0 Å². The second-order valence-corrected chi connectivity index (χ2v) is 3.70. The molecule has 86 valence electrons. The van der Waals surface area contributed by atoms with E-state index in [4.69, 9.17) is 22.9 Å². The van der Waals surface area contributed by atoms with Crippen LogP contribution in [0.3, 0.4) is 0 Å². The molecule has 0 spiro atoms. The SMILES string of the molecule is [B][C@@H]1O[C@H](CC)[C@@H](CN=[N+]=[N-])[C@H]1OC(C)=O. The number of ether oxygens (including phenoxy) is 2. The lowest BCUT2D eigenvalue weighted by Crippen LogP contribution is -2.34. The first-order chi connectivity index (χ1) is 7.60. The lowest BCUT2D eigenvalue weighted by atomic mass is 9.87. The molecule has 16 heavy (non-hydrogen) atoms. The predicted molar refractivity (Wildman–Crippen MR) is 57.8 cm³/mol. The van der Waals surface area contributed by atoms with Crippen molar-refractivity contribution in [1.29, 1.82) is 0 Å². The van der Waals surface area contributed by atoms with Crippen LogP contribution in [0.1, 0.15) is 20.3 Å². The summed E-state index contributed by atoms with van der Waals surface area (Å²) < 4.78 is 10.5.